The SMILES string of the molecule is C=COC(=O)CCCCCCCCCCCCCCCCC(C)(C)C. The first-order chi connectivity index (χ1) is 12.0. The first kappa shape index (κ1) is 24.2. The molecule has 0 aliphatic heterocycles. The fraction of sp³-hybridized carbons (Fsp3) is 0.870. The van der Waals surface area contributed by atoms with Gasteiger partial charge in [-0.1, -0.05) is 111 Å². The normalized spacial score (nSPS) is 11.5. The Balaban J connectivity index is 3.10. The molecular weight excluding hydrogens is 308 g/mol. The molecule has 148 valence electrons. The Morgan fingerprint density at radius 3 is 1.44 bits per heavy atom. The Bertz CT molecular complexity index is 315. The third-order valence-corrected chi connectivity index (χ3v) is 4.77. The molecule has 0 aliphatic rings. The van der Waals surface area contributed by atoms with Crippen molar-refractivity contribution in [3.8, 4) is 0 Å². The molecule has 0 saturated carbocycles. The average Bonchev–Trinajstić information content (AvgIpc) is 2.53. The van der Waals surface area contributed by atoms with Gasteiger partial charge in [-0.05, 0) is 18.3 Å². The molecule has 0 saturated heterocycles. The van der Waals surface area contributed by atoms with Crippen molar-refractivity contribution in [3.63, 3.8) is 0 Å². The maximum atomic E-state index is 11.1. The summed E-state index contributed by atoms with van der Waals surface area (Å²) in [6.07, 6.45) is 21.8. The van der Waals surface area contributed by atoms with Crippen LogP contribution < -0.4 is 0 Å². The smallest absolute Gasteiger partial charge is 0.310 e. The minimum atomic E-state index is -0.149. The predicted octanol–water partition coefficient (Wildman–Crippen LogP) is 7.96. The van der Waals surface area contributed by atoms with E-state index in [0.29, 0.717) is 11.8 Å². The quantitative estimate of drug-likeness (QED) is 0.151. The van der Waals surface area contributed by atoms with Gasteiger partial charge in [0.1, 0.15) is 0 Å². The van der Waals surface area contributed by atoms with Crippen LogP contribution in [0.2, 0.25) is 0 Å². The summed E-state index contributed by atoms with van der Waals surface area (Å²) in [7, 11) is 0. The monoisotopic (exact) mass is 352 g/mol. The minimum absolute atomic E-state index is 0.149. The minimum Gasteiger partial charge on any atom is -0.435 e. The Labute approximate surface area is 157 Å². The molecule has 25 heavy (non-hydrogen) atoms. The molecule has 0 fully saturated rings. The van der Waals surface area contributed by atoms with Gasteiger partial charge in [0.2, 0.25) is 0 Å². The number of esters is 1. The lowest BCUT2D eigenvalue weighted by atomic mass is 9.89. The number of hydrogen-bond donors (Lipinski definition) is 0. The van der Waals surface area contributed by atoms with Crippen molar-refractivity contribution < 1.29 is 9.53 Å². The van der Waals surface area contributed by atoms with E-state index in [1.54, 1.807) is 0 Å². The van der Waals surface area contributed by atoms with Crippen molar-refractivity contribution in [2.24, 2.45) is 5.41 Å². The molecule has 0 bridgehead atoms. The summed E-state index contributed by atoms with van der Waals surface area (Å²) in [5.41, 5.74) is 0.511. The summed E-state index contributed by atoms with van der Waals surface area (Å²) >= 11 is 0. The zero-order chi connectivity index (χ0) is 18.8. The maximum Gasteiger partial charge on any atom is 0.310 e. The molecule has 0 aliphatic carbocycles. The average molecular weight is 353 g/mol. The highest BCUT2D eigenvalue weighted by Gasteiger charge is 2.08. The molecule has 0 aromatic carbocycles. The fourth-order valence-electron chi connectivity index (χ4n) is 3.20. The maximum absolute atomic E-state index is 11.1. The molecule has 0 aromatic heterocycles. The summed E-state index contributed by atoms with van der Waals surface area (Å²) in [6.45, 7) is 10.4. The molecule has 0 unspecified atom stereocenters. The first-order valence-corrected chi connectivity index (χ1v) is 10.8. The Morgan fingerprint density at radius 2 is 1.08 bits per heavy atom. The Kier molecular flexibility index (Phi) is 16.1. The van der Waals surface area contributed by atoms with Gasteiger partial charge in [-0.3, -0.25) is 4.79 Å². The van der Waals surface area contributed by atoms with Gasteiger partial charge >= 0.3 is 5.97 Å². The van der Waals surface area contributed by atoms with Gasteiger partial charge in [0, 0.05) is 6.42 Å². The number of carbonyl (C=O) groups is 1. The molecule has 0 N–H and O–H groups in total. The third-order valence-electron chi connectivity index (χ3n) is 4.77. The van der Waals surface area contributed by atoms with E-state index in [0.717, 1.165) is 12.8 Å². The van der Waals surface area contributed by atoms with Crippen LogP contribution in [0.3, 0.4) is 0 Å². The summed E-state index contributed by atoms with van der Waals surface area (Å²) in [5, 5.41) is 0. The van der Waals surface area contributed by atoms with Crippen molar-refractivity contribution in [2.45, 2.75) is 124 Å². The van der Waals surface area contributed by atoms with Gasteiger partial charge in [0.25, 0.3) is 0 Å². The second-order valence-corrected chi connectivity index (χ2v) is 8.67. The topological polar surface area (TPSA) is 26.3 Å². The first-order valence-electron chi connectivity index (χ1n) is 10.8. The Hall–Kier alpha value is -0.790. The fourth-order valence-corrected chi connectivity index (χ4v) is 3.20. The van der Waals surface area contributed by atoms with E-state index in [2.05, 4.69) is 27.4 Å². The summed E-state index contributed by atoms with van der Waals surface area (Å²) in [5.74, 6) is -0.149. The number of rotatable bonds is 17. The lowest BCUT2D eigenvalue weighted by Gasteiger charge is -2.17. The highest BCUT2D eigenvalue weighted by atomic mass is 16.5. The van der Waals surface area contributed by atoms with Crippen molar-refractivity contribution in [1.82, 2.24) is 0 Å². The van der Waals surface area contributed by atoms with E-state index in [4.69, 9.17) is 4.74 Å². The van der Waals surface area contributed by atoms with Crippen LogP contribution in [-0.4, -0.2) is 5.97 Å². The molecule has 0 spiro atoms. The summed E-state index contributed by atoms with van der Waals surface area (Å²) in [6, 6.07) is 0. The lowest BCUT2D eigenvalue weighted by Crippen LogP contribution is -2.03. The van der Waals surface area contributed by atoms with Gasteiger partial charge in [0.05, 0.1) is 6.26 Å². The molecule has 2 heteroatoms. The van der Waals surface area contributed by atoms with Crippen LogP contribution in [0.5, 0.6) is 0 Å². The van der Waals surface area contributed by atoms with Crippen LogP contribution in [0, 0.1) is 5.41 Å². The number of carbonyl (C=O) groups excluding carboxylic acids is 1. The highest BCUT2D eigenvalue weighted by Crippen LogP contribution is 2.22. The summed E-state index contributed by atoms with van der Waals surface area (Å²) < 4.78 is 4.70. The van der Waals surface area contributed by atoms with E-state index in [9.17, 15) is 4.79 Å². The third kappa shape index (κ3) is 21.2. The molecule has 2 nitrogen and oxygen atoms in total. The molecule has 0 rings (SSSR count). The molecule has 0 amide bonds. The largest absolute Gasteiger partial charge is 0.435 e. The van der Waals surface area contributed by atoms with Crippen molar-refractivity contribution >= 4 is 5.97 Å². The van der Waals surface area contributed by atoms with Crippen LogP contribution >= 0.6 is 0 Å². The van der Waals surface area contributed by atoms with Gasteiger partial charge in [-0.25, -0.2) is 0 Å². The van der Waals surface area contributed by atoms with Crippen LogP contribution in [-0.2, 0) is 9.53 Å². The van der Waals surface area contributed by atoms with Crippen LogP contribution in [0.4, 0.5) is 0 Å². The van der Waals surface area contributed by atoms with Gasteiger partial charge < -0.3 is 4.74 Å². The van der Waals surface area contributed by atoms with Crippen molar-refractivity contribution in [2.75, 3.05) is 0 Å². The van der Waals surface area contributed by atoms with Crippen molar-refractivity contribution in [3.05, 3.63) is 12.8 Å². The van der Waals surface area contributed by atoms with E-state index in [1.165, 1.54) is 89.7 Å². The standard InChI is InChI=1S/C23H44O2/c1-5-25-22(24)20-18-16-14-12-10-8-6-7-9-11-13-15-17-19-21-23(2,3)4/h5H,1,6-21H2,2-4H3. The van der Waals surface area contributed by atoms with E-state index in [1.807, 2.05) is 0 Å². The van der Waals surface area contributed by atoms with Gasteiger partial charge in [-0.15, -0.1) is 0 Å². The van der Waals surface area contributed by atoms with E-state index in [-0.39, 0.29) is 5.97 Å². The van der Waals surface area contributed by atoms with Gasteiger partial charge in [0.15, 0.2) is 0 Å². The lowest BCUT2D eigenvalue weighted by molar-refractivity contribution is -0.138. The van der Waals surface area contributed by atoms with Crippen LogP contribution in [0.25, 0.3) is 0 Å². The van der Waals surface area contributed by atoms with E-state index < -0.39 is 0 Å². The number of hydrogen-bond acceptors (Lipinski definition) is 2. The molecule has 0 radical (unpaired) electrons. The second kappa shape index (κ2) is 16.7. The molecule has 0 heterocycles. The van der Waals surface area contributed by atoms with Crippen LogP contribution in [0.15, 0.2) is 12.8 Å². The molecule has 0 atom stereocenters. The highest BCUT2D eigenvalue weighted by molar-refractivity contribution is 5.69. The zero-order valence-electron chi connectivity index (χ0n) is 17.4. The van der Waals surface area contributed by atoms with Crippen molar-refractivity contribution in [1.29, 1.82) is 0 Å². The second-order valence-electron chi connectivity index (χ2n) is 8.67. The van der Waals surface area contributed by atoms with Gasteiger partial charge in [-0.2, -0.15) is 0 Å². The number of ether oxygens (including phenoxy) is 1. The van der Waals surface area contributed by atoms with Crippen LogP contribution in [0.1, 0.15) is 124 Å². The zero-order valence-corrected chi connectivity index (χ0v) is 17.4. The number of unbranched alkanes of at least 4 members (excludes halogenated alkanes) is 13. The van der Waals surface area contributed by atoms with E-state index >= 15 is 0 Å². The summed E-state index contributed by atoms with van der Waals surface area (Å²) in [4.78, 5) is 11.1. The molecule has 0 aromatic rings. The predicted molar refractivity (Wildman–Crippen MR) is 110 cm³/mol. The Morgan fingerprint density at radius 1 is 0.720 bits per heavy atom. The molecular formula is C23H44O2.